The van der Waals surface area contributed by atoms with Crippen LogP contribution in [0.5, 0.6) is 0 Å². The van der Waals surface area contributed by atoms with Crippen LogP contribution in [-0.4, -0.2) is 33.6 Å². The molecule has 1 aromatic carbocycles. The van der Waals surface area contributed by atoms with Crippen molar-refractivity contribution in [3.8, 4) is 0 Å². The lowest BCUT2D eigenvalue weighted by Crippen LogP contribution is -2.35. The van der Waals surface area contributed by atoms with Gasteiger partial charge in [0.05, 0.1) is 17.4 Å². The van der Waals surface area contributed by atoms with Crippen molar-refractivity contribution in [2.45, 2.75) is 26.4 Å². The Morgan fingerprint density at radius 2 is 2.18 bits per heavy atom. The summed E-state index contributed by atoms with van der Waals surface area (Å²) in [4.78, 5) is 25.3. The van der Waals surface area contributed by atoms with E-state index >= 15 is 0 Å². The summed E-state index contributed by atoms with van der Waals surface area (Å²) in [5.41, 5.74) is 1.43. The molecule has 1 amide bonds. The Balaban J connectivity index is 2.09. The smallest absolute Gasteiger partial charge is 0.270 e. The van der Waals surface area contributed by atoms with Crippen LogP contribution in [0.2, 0.25) is 0 Å². The second-order valence-corrected chi connectivity index (χ2v) is 5.59. The molecule has 0 bridgehead atoms. The first-order valence-electron chi connectivity index (χ1n) is 7.07. The van der Waals surface area contributed by atoms with Gasteiger partial charge in [-0.05, 0) is 17.5 Å². The van der Waals surface area contributed by atoms with E-state index in [1.807, 2.05) is 13.8 Å². The number of nitrogens with zero attached hydrogens (tertiary/aromatic N) is 1. The molecule has 0 saturated heterocycles. The number of rotatable bonds is 6. The summed E-state index contributed by atoms with van der Waals surface area (Å²) in [5.74, 6) is -0.164. The summed E-state index contributed by atoms with van der Waals surface area (Å²) < 4.78 is 0. The molecule has 0 saturated carbocycles. The Labute approximate surface area is 127 Å². The second-order valence-electron chi connectivity index (χ2n) is 5.59. The summed E-state index contributed by atoms with van der Waals surface area (Å²) in [5, 5.41) is 23.8. The predicted molar refractivity (Wildman–Crippen MR) is 82.5 cm³/mol. The highest BCUT2D eigenvalue weighted by Crippen LogP contribution is 2.23. The maximum Gasteiger partial charge on any atom is 0.270 e. The van der Waals surface area contributed by atoms with Crippen molar-refractivity contribution >= 4 is 22.5 Å². The molecule has 0 aliphatic heterocycles. The van der Waals surface area contributed by atoms with Gasteiger partial charge in [0.2, 0.25) is 5.91 Å². The average molecular weight is 305 g/mol. The van der Waals surface area contributed by atoms with Crippen LogP contribution in [0.4, 0.5) is 5.69 Å². The quantitative estimate of drug-likeness (QED) is 0.558. The van der Waals surface area contributed by atoms with Crippen molar-refractivity contribution in [2.75, 3.05) is 6.54 Å². The van der Waals surface area contributed by atoms with E-state index in [1.54, 1.807) is 12.3 Å². The van der Waals surface area contributed by atoms with Crippen LogP contribution in [-0.2, 0) is 11.2 Å². The Morgan fingerprint density at radius 3 is 2.82 bits per heavy atom. The number of non-ortho nitro benzene ring substituents is 1. The van der Waals surface area contributed by atoms with Gasteiger partial charge in [0, 0.05) is 35.8 Å². The van der Waals surface area contributed by atoms with Crippen molar-refractivity contribution in [2.24, 2.45) is 5.92 Å². The fourth-order valence-electron chi connectivity index (χ4n) is 2.12. The van der Waals surface area contributed by atoms with E-state index in [-0.39, 0.29) is 30.5 Å². The zero-order chi connectivity index (χ0) is 16.3. The first-order valence-corrected chi connectivity index (χ1v) is 7.07. The fourth-order valence-corrected chi connectivity index (χ4v) is 2.12. The lowest BCUT2D eigenvalue weighted by Gasteiger charge is -2.14. The fraction of sp³-hybridized carbons (Fsp3) is 0.400. The first kappa shape index (κ1) is 16.0. The Bertz CT molecular complexity index is 693. The number of benzene rings is 1. The van der Waals surface area contributed by atoms with Crippen LogP contribution in [0.3, 0.4) is 0 Å². The van der Waals surface area contributed by atoms with Crippen molar-refractivity contribution in [3.63, 3.8) is 0 Å². The van der Waals surface area contributed by atoms with Gasteiger partial charge in [-0.2, -0.15) is 0 Å². The van der Waals surface area contributed by atoms with Crippen LogP contribution >= 0.6 is 0 Å². The number of H-pyrrole nitrogens is 1. The van der Waals surface area contributed by atoms with Crippen LogP contribution < -0.4 is 5.32 Å². The Morgan fingerprint density at radius 1 is 1.45 bits per heavy atom. The van der Waals surface area contributed by atoms with Crippen molar-refractivity contribution < 1.29 is 14.8 Å². The number of aliphatic hydroxyl groups excluding tert-OH is 1. The molecule has 3 N–H and O–H groups in total. The number of aromatic nitrogens is 1. The third-order valence-corrected chi connectivity index (χ3v) is 3.59. The minimum Gasteiger partial charge on any atom is -0.391 e. The topological polar surface area (TPSA) is 108 Å². The van der Waals surface area contributed by atoms with E-state index < -0.39 is 11.0 Å². The molecule has 1 atom stereocenters. The first-order chi connectivity index (χ1) is 10.4. The Kier molecular flexibility index (Phi) is 4.77. The number of amides is 1. The predicted octanol–water partition coefficient (Wildman–Crippen LogP) is 1.75. The van der Waals surface area contributed by atoms with Gasteiger partial charge in [0.25, 0.3) is 5.69 Å². The number of fused-ring (bicyclic) bond motifs is 1. The highest BCUT2D eigenvalue weighted by Gasteiger charge is 2.14. The van der Waals surface area contributed by atoms with Crippen LogP contribution in [0, 0.1) is 16.0 Å². The Hall–Kier alpha value is -2.41. The molecule has 1 aromatic heterocycles. The average Bonchev–Trinajstić information content (AvgIpc) is 2.86. The molecule has 1 heterocycles. The van der Waals surface area contributed by atoms with Gasteiger partial charge in [-0.15, -0.1) is 0 Å². The zero-order valence-electron chi connectivity index (χ0n) is 12.5. The monoisotopic (exact) mass is 305 g/mol. The number of aromatic amines is 1. The highest BCUT2D eigenvalue weighted by atomic mass is 16.6. The minimum atomic E-state index is -0.590. The molecule has 7 heteroatoms. The largest absolute Gasteiger partial charge is 0.391 e. The molecule has 0 aliphatic rings. The summed E-state index contributed by atoms with van der Waals surface area (Å²) >= 11 is 0. The van der Waals surface area contributed by atoms with E-state index in [4.69, 9.17) is 0 Å². The number of carbonyl (C=O) groups excluding carboxylic acids is 1. The molecule has 0 spiro atoms. The van der Waals surface area contributed by atoms with E-state index in [1.165, 1.54) is 12.1 Å². The van der Waals surface area contributed by atoms with Gasteiger partial charge >= 0.3 is 0 Å². The molecular formula is C15H19N3O4. The van der Waals surface area contributed by atoms with Gasteiger partial charge < -0.3 is 15.4 Å². The van der Waals surface area contributed by atoms with Gasteiger partial charge in [0.1, 0.15) is 0 Å². The number of hydrogen-bond donors (Lipinski definition) is 3. The molecule has 22 heavy (non-hydrogen) atoms. The standard InChI is InChI=1S/C15H19N3O4/c1-9(2)14(19)8-17-15(20)5-10-7-16-13-4-3-11(18(21)22)6-12(10)13/h3-4,6-7,9,14,16,19H,5,8H2,1-2H3,(H,17,20). The van der Waals surface area contributed by atoms with Gasteiger partial charge in [-0.1, -0.05) is 13.8 Å². The van der Waals surface area contributed by atoms with Crippen LogP contribution in [0.15, 0.2) is 24.4 Å². The summed E-state index contributed by atoms with van der Waals surface area (Å²) in [6, 6.07) is 4.50. The van der Waals surface area contributed by atoms with Gasteiger partial charge in [-0.25, -0.2) is 0 Å². The molecule has 2 aromatic rings. The summed E-state index contributed by atoms with van der Waals surface area (Å²) in [6.45, 7) is 3.93. The third kappa shape index (κ3) is 3.62. The molecule has 0 fully saturated rings. The maximum absolute atomic E-state index is 11.9. The van der Waals surface area contributed by atoms with Gasteiger partial charge in [-0.3, -0.25) is 14.9 Å². The molecule has 0 radical (unpaired) electrons. The number of nitro benzene ring substituents is 1. The third-order valence-electron chi connectivity index (χ3n) is 3.59. The summed E-state index contributed by atoms with van der Waals surface area (Å²) in [7, 11) is 0. The number of hydrogen-bond acceptors (Lipinski definition) is 4. The SMILES string of the molecule is CC(C)C(O)CNC(=O)Cc1c[nH]c2ccc([N+](=O)[O-])cc12. The number of carbonyl (C=O) groups is 1. The maximum atomic E-state index is 11.9. The summed E-state index contributed by atoms with van der Waals surface area (Å²) in [6.07, 6.45) is 1.19. The minimum absolute atomic E-state index is 0.0102. The molecule has 118 valence electrons. The van der Waals surface area contributed by atoms with E-state index in [0.717, 1.165) is 5.52 Å². The van der Waals surface area contributed by atoms with Crippen LogP contribution in [0.1, 0.15) is 19.4 Å². The second kappa shape index (κ2) is 6.57. The zero-order valence-corrected chi connectivity index (χ0v) is 12.5. The van der Waals surface area contributed by atoms with E-state index in [2.05, 4.69) is 10.3 Å². The van der Waals surface area contributed by atoms with Crippen molar-refractivity contribution in [1.29, 1.82) is 0 Å². The molecule has 1 unspecified atom stereocenters. The molecule has 0 aliphatic carbocycles. The number of aliphatic hydroxyl groups is 1. The highest BCUT2D eigenvalue weighted by molar-refractivity contribution is 5.90. The lowest BCUT2D eigenvalue weighted by molar-refractivity contribution is -0.384. The van der Waals surface area contributed by atoms with Crippen molar-refractivity contribution in [1.82, 2.24) is 10.3 Å². The molecular weight excluding hydrogens is 286 g/mol. The normalized spacial score (nSPS) is 12.5. The number of nitro groups is 1. The van der Waals surface area contributed by atoms with E-state index in [9.17, 15) is 20.0 Å². The van der Waals surface area contributed by atoms with Gasteiger partial charge in [0.15, 0.2) is 0 Å². The van der Waals surface area contributed by atoms with Crippen molar-refractivity contribution in [3.05, 3.63) is 40.1 Å². The van der Waals surface area contributed by atoms with Crippen LogP contribution in [0.25, 0.3) is 10.9 Å². The van der Waals surface area contributed by atoms with E-state index in [0.29, 0.717) is 10.9 Å². The molecule has 7 nitrogen and oxygen atoms in total. The molecule has 2 rings (SSSR count). The number of nitrogens with one attached hydrogen (secondary N) is 2. The lowest BCUT2D eigenvalue weighted by atomic mass is 10.1.